The molecule has 2 aromatic rings. The molecule has 0 N–H and O–H groups in total. The van der Waals surface area contributed by atoms with Gasteiger partial charge in [-0.05, 0) is 29.8 Å². The van der Waals surface area contributed by atoms with E-state index < -0.39 is 0 Å². The van der Waals surface area contributed by atoms with E-state index in [-0.39, 0.29) is 17.7 Å². The molecule has 2 aromatic heterocycles. The number of rotatable bonds is 7. The molecule has 0 aromatic carbocycles. The van der Waals surface area contributed by atoms with Gasteiger partial charge in [0.1, 0.15) is 5.75 Å². The molecule has 25 heavy (non-hydrogen) atoms. The summed E-state index contributed by atoms with van der Waals surface area (Å²) in [4.78, 5) is 22.5. The number of hydrogen-bond acceptors (Lipinski definition) is 5. The lowest BCUT2D eigenvalue weighted by molar-refractivity contribution is -0.131. The van der Waals surface area contributed by atoms with Crippen molar-refractivity contribution < 1.29 is 14.3 Å². The Labute approximate surface area is 147 Å². The first kappa shape index (κ1) is 17.4. The molecular weight excluding hydrogens is 318 g/mol. The lowest BCUT2D eigenvalue weighted by Gasteiger charge is -2.18. The van der Waals surface area contributed by atoms with Crippen LogP contribution in [0.25, 0.3) is 0 Å². The van der Waals surface area contributed by atoms with Gasteiger partial charge in [-0.25, -0.2) is 0 Å². The fourth-order valence-corrected chi connectivity index (χ4v) is 3.22. The summed E-state index contributed by atoms with van der Waals surface area (Å²) in [5, 5.41) is 0. The Morgan fingerprint density at radius 2 is 2.04 bits per heavy atom. The van der Waals surface area contributed by atoms with E-state index >= 15 is 0 Å². The van der Waals surface area contributed by atoms with Gasteiger partial charge in [-0.3, -0.25) is 14.8 Å². The number of pyridine rings is 2. The van der Waals surface area contributed by atoms with Crippen LogP contribution in [0.15, 0.2) is 49.1 Å². The van der Waals surface area contributed by atoms with Crippen molar-refractivity contribution in [1.82, 2.24) is 14.9 Å². The number of amides is 1. The van der Waals surface area contributed by atoms with E-state index in [9.17, 15) is 4.79 Å². The van der Waals surface area contributed by atoms with Gasteiger partial charge in [0.15, 0.2) is 0 Å². The Morgan fingerprint density at radius 3 is 2.76 bits per heavy atom. The standard InChI is InChI=1S/C19H23N3O3/c1-24-10-6-19(23)22-12-16(14-25-17-3-2-7-21-11-17)18(13-22)15-4-8-20-9-5-15/h2-5,7-9,11,16,18H,6,10,12-14H2,1H3/t16-,18-/m0/s1. The van der Waals surface area contributed by atoms with E-state index in [0.717, 1.165) is 5.75 Å². The zero-order chi connectivity index (χ0) is 17.5. The van der Waals surface area contributed by atoms with Gasteiger partial charge in [0.25, 0.3) is 0 Å². The fraction of sp³-hybridized carbons (Fsp3) is 0.421. The lowest BCUT2D eigenvalue weighted by atomic mass is 9.90. The molecule has 0 bridgehead atoms. The number of hydrogen-bond donors (Lipinski definition) is 0. The molecule has 6 heteroatoms. The number of likely N-dealkylation sites (tertiary alicyclic amines) is 1. The zero-order valence-corrected chi connectivity index (χ0v) is 14.4. The van der Waals surface area contributed by atoms with E-state index in [0.29, 0.717) is 32.7 Å². The number of ether oxygens (including phenoxy) is 2. The SMILES string of the molecule is COCCC(=O)N1C[C@@H](COc2cccnc2)[C@H](c2ccncc2)C1. The normalized spacial score (nSPS) is 19.8. The predicted molar refractivity (Wildman–Crippen MR) is 93.3 cm³/mol. The van der Waals surface area contributed by atoms with Crippen molar-refractivity contribution in [3.05, 3.63) is 54.6 Å². The van der Waals surface area contributed by atoms with Crippen LogP contribution in [0.3, 0.4) is 0 Å². The van der Waals surface area contributed by atoms with E-state index in [1.807, 2.05) is 29.2 Å². The Bertz CT molecular complexity index is 666. The van der Waals surface area contributed by atoms with Crippen LogP contribution < -0.4 is 4.74 Å². The first-order chi connectivity index (χ1) is 12.3. The van der Waals surface area contributed by atoms with Crippen LogP contribution in [0.4, 0.5) is 0 Å². The molecule has 132 valence electrons. The van der Waals surface area contributed by atoms with Gasteiger partial charge in [0, 0.05) is 50.6 Å². The zero-order valence-electron chi connectivity index (χ0n) is 14.4. The highest BCUT2D eigenvalue weighted by atomic mass is 16.5. The predicted octanol–water partition coefficient (Wildman–Crippen LogP) is 2.13. The third-order valence-electron chi connectivity index (χ3n) is 4.55. The van der Waals surface area contributed by atoms with E-state index in [2.05, 4.69) is 9.97 Å². The molecule has 1 fully saturated rings. The van der Waals surface area contributed by atoms with Gasteiger partial charge in [-0.15, -0.1) is 0 Å². The highest BCUT2D eigenvalue weighted by Gasteiger charge is 2.36. The maximum Gasteiger partial charge on any atom is 0.224 e. The van der Waals surface area contributed by atoms with Crippen molar-refractivity contribution in [2.45, 2.75) is 12.3 Å². The second kappa shape index (κ2) is 8.58. The number of methoxy groups -OCH3 is 1. The molecule has 0 unspecified atom stereocenters. The van der Waals surface area contributed by atoms with Gasteiger partial charge >= 0.3 is 0 Å². The van der Waals surface area contributed by atoms with Crippen molar-refractivity contribution >= 4 is 5.91 Å². The van der Waals surface area contributed by atoms with Crippen LogP contribution >= 0.6 is 0 Å². The van der Waals surface area contributed by atoms with Crippen LogP contribution in [-0.4, -0.2) is 54.2 Å². The molecule has 1 aliphatic heterocycles. The molecule has 1 aliphatic rings. The topological polar surface area (TPSA) is 64.5 Å². The van der Waals surface area contributed by atoms with Gasteiger partial charge in [-0.2, -0.15) is 0 Å². The molecule has 0 aliphatic carbocycles. The molecule has 2 atom stereocenters. The Balaban J connectivity index is 1.69. The van der Waals surface area contributed by atoms with E-state index in [1.54, 1.807) is 31.9 Å². The fourth-order valence-electron chi connectivity index (χ4n) is 3.22. The molecular formula is C19H23N3O3. The Hall–Kier alpha value is -2.47. The summed E-state index contributed by atoms with van der Waals surface area (Å²) >= 11 is 0. The van der Waals surface area contributed by atoms with Gasteiger partial charge in [-0.1, -0.05) is 0 Å². The maximum atomic E-state index is 12.4. The molecule has 1 amide bonds. The summed E-state index contributed by atoms with van der Waals surface area (Å²) in [7, 11) is 1.61. The smallest absolute Gasteiger partial charge is 0.224 e. The molecule has 6 nitrogen and oxygen atoms in total. The minimum absolute atomic E-state index is 0.129. The Morgan fingerprint density at radius 1 is 1.20 bits per heavy atom. The van der Waals surface area contributed by atoms with Gasteiger partial charge < -0.3 is 14.4 Å². The summed E-state index contributed by atoms with van der Waals surface area (Å²) in [6.07, 6.45) is 7.43. The van der Waals surface area contributed by atoms with Crippen LogP contribution in [0.1, 0.15) is 17.9 Å². The molecule has 0 radical (unpaired) electrons. The quantitative estimate of drug-likeness (QED) is 0.772. The average Bonchev–Trinajstić information content (AvgIpc) is 3.10. The van der Waals surface area contributed by atoms with Crippen molar-refractivity contribution in [2.24, 2.45) is 5.92 Å². The van der Waals surface area contributed by atoms with E-state index in [4.69, 9.17) is 9.47 Å². The average molecular weight is 341 g/mol. The highest BCUT2D eigenvalue weighted by Crippen LogP contribution is 2.33. The number of aromatic nitrogens is 2. The van der Waals surface area contributed by atoms with Crippen molar-refractivity contribution in [2.75, 3.05) is 33.4 Å². The lowest BCUT2D eigenvalue weighted by Crippen LogP contribution is -2.30. The number of nitrogens with zero attached hydrogens (tertiary/aromatic N) is 3. The molecule has 0 spiro atoms. The molecule has 3 heterocycles. The highest BCUT2D eigenvalue weighted by molar-refractivity contribution is 5.76. The van der Waals surface area contributed by atoms with Crippen molar-refractivity contribution in [3.63, 3.8) is 0 Å². The summed E-state index contributed by atoms with van der Waals surface area (Å²) in [5.41, 5.74) is 1.19. The third kappa shape index (κ3) is 4.54. The first-order valence-electron chi connectivity index (χ1n) is 8.47. The summed E-state index contributed by atoms with van der Waals surface area (Å²) in [6.45, 7) is 2.39. The van der Waals surface area contributed by atoms with Crippen LogP contribution in [-0.2, 0) is 9.53 Å². The van der Waals surface area contributed by atoms with Crippen LogP contribution in [0, 0.1) is 5.92 Å². The second-order valence-corrected chi connectivity index (χ2v) is 6.19. The number of carbonyl (C=O) groups excluding carboxylic acids is 1. The van der Waals surface area contributed by atoms with Crippen molar-refractivity contribution in [3.8, 4) is 5.75 Å². The third-order valence-corrected chi connectivity index (χ3v) is 4.55. The molecule has 3 rings (SSSR count). The molecule has 0 saturated carbocycles. The number of carbonyl (C=O) groups is 1. The maximum absolute atomic E-state index is 12.4. The van der Waals surface area contributed by atoms with E-state index in [1.165, 1.54) is 5.56 Å². The monoisotopic (exact) mass is 341 g/mol. The summed E-state index contributed by atoms with van der Waals surface area (Å²) in [5.74, 6) is 1.35. The Kier molecular flexibility index (Phi) is 5.95. The van der Waals surface area contributed by atoms with Crippen LogP contribution in [0.2, 0.25) is 0 Å². The van der Waals surface area contributed by atoms with Crippen molar-refractivity contribution in [1.29, 1.82) is 0 Å². The summed E-state index contributed by atoms with van der Waals surface area (Å²) < 4.78 is 10.9. The van der Waals surface area contributed by atoms with Gasteiger partial charge in [0.2, 0.25) is 5.91 Å². The molecule has 1 saturated heterocycles. The minimum atomic E-state index is 0.129. The minimum Gasteiger partial charge on any atom is -0.492 e. The second-order valence-electron chi connectivity index (χ2n) is 6.19. The van der Waals surface area contributed by atoms with Crippen LogP contribution in [0.5, 0.6) is 5.75 Å². The van der Waals surface area contributed by atoms with Gasteiger partial charge in [0.05, 0.1) is 25.8 Å². The first-order valence-corrected chi connectivity index (χ1v) is 8.47. The largest absolute Gasteiger partial charge is 0.492 e. The summed E-state index contributed by atoms with van der Waals surface area (Å²) in [6, 6.07) is 7.78.